The van der Waals surface area contributed by atoms with Crippen LogP contribution in [0.1, 0.15) is 5.56 Å². The Hall–Kier alpha value is -2.61. The number of fused-ring (bicyclic) bond motifs is 1. The largest absolute Gasteiger partial charge is 0.462 e. The van der Waals surface area contributed by atoms with Crippen LogP contribution in [0.3, 0.4) is 0 Å². The number of benzene rings is 1. The van der Waals surface area contributed by atoms with Gasteiger partial charge in [0.2, 0.25) is 6.79 Å². The van der Waals surface area contributed by atoms with Gasteiger partial charge in [0.1, 0.15) is 12.6 Å². The molecule has 4 aromatic rings. The number of rotatable bonds is 6. The van der Waals surface area contributed by atoms with Gasteiger partial charge in [0.15, 0.2) is 11.6 Å². The molecule has 0 fully saturated rings. The van der Waals surface area contributed by atoms with Crippen LogP contribution < -0.4 is 4.90 Å². The second kappa shape index (κ2) is 8.02. The van der Waals surface area contributed by atoms with Crippen molar-refractivity contribution in [2.45, 2.75) is 6.54 Å². The Labute approximate surface area is 180 Å². The minimum Gasteiger partial charge on any atom is -0.462 e. The Bertz CT molecular complexity index is 1170. The van der Waals surface area contributed by atoms with Crippen LogP contribution in [0, 0.1) is 0 Å². The van der Waals surface area contributed by atoms with E-state index < -0.39 is 0 Å². The van der Waals surface area contributed by atoms with E-state index in [9.17, 15) is 0 Å². The van der Waals surface area contributed by atoms with Crippen molar-refractivity contribution in [1.82, 2.24) is 9.97 Å². The number of hydrogen-bond acceptors (Lipinski definition) is 7. The third kappa shape index (κ3) is 3.94. The quantitative estimate of drug-likeness (QED) is 0.371. The Morgan fingerprint density at radius 3 is 2.66 bits per heavy atom. The summed E-state index contributed by atoms with van der Waals surface area (Å²) in [5, 5.41) is 0. The highest BCUT2D eigenvalue weighted by molar-refractivity contribution is 7.27. The summed E-state index contributed by atoms with van der Waals surface area (Å²) in [5.41, 5.74) is 2.12. The summed E-state index contributed by atoms with van der Waals surface area (Å²) in [5.74, 6) is 1.67. The van der Waals surface area contributed by atoms with Crippen LogP contribution in [-0.4, -0.2) is 23.3 Å². The van der Waals surface area contributed by atoms with Crippen molar-refractivity contribution in [3.63, 3.8) is 0 Å². The standard InChI is InChI=1S/C21H16ClN3O2S2/c22-19-7-6-17(28-19)18-8-16-20(29-18)21(24-12-23-16)25(10-15-11-26-13-27-15)9-14-4-2-1-3-5-14/h1-8,11-12H,9-10,13H2. The molecule has 4 heterocycles. The molecule has 0 atom stereocenters. The summed E-state index contributed by atoms with van der Waals surface area (Å²) in [7, 11) is 0. The molecular weight excluding hydrogens is 426 g/mol. The fourth-order valence-corrected chi connectivity index (χ4v) is 5.44. The summed E-state index contributed by atoms with van der Waals surface area (Å²) in [4.78, 5) is 13.6. The minimum atomic E-state index is 0.260. The summed E-state index contributed by atoms with van der Waals surface area (Å²) >= 11 is 9.38. The molecule has 3 aromatic heterocycles. The van der Waals surface area contributed by atoms with E-state index in [0.29, 0.717) is 13.1 Å². The molecule has 0 saturated heterocycles. The van der Waals surface area contributed by atoms with Crippen molar-refractivity contribution in [3.8, 4) is 9.75 Å². The topological polar surface area (TPSA) is 47.5 Å². The molecule has 1 aliphatic heterocycles. The van der Waals surface area contributed by atoms with Crippen LogP contribution >= 0.6 is 34.3 Å². The van der Waals surface area contributed by atoms with Gasteiger partial charge in [0.25, 0.3) is 0 Å². The third-order valence-corrected chi connectivity index (χ3v) is 7.05. The van der Waals surface area contributed by atoms with Gasteiger partial charge in [-0.3, -0.25) is 0 Å². The normalized spacial score (nSPS) is 13.2. The minimum absolute atomic E-state index is 0.260. The highest BCUT2D eigenvalue weighted by Gasteiger charge is 2.20. The third-order valence-electron chi connectivity index (χ3n) is 4.50. The van der Waals surface area contributed by atoms with Crippen LogP contribution in [0.25, 0.3) is 20.0 Å². The maximum atomic E-state index is 6.13. The smallest absolute Gasteiger partial charge is 0.229 e. The lowest BCUT2D eigenvalue weighted by molar-refractivity contribution is 0.0797. The molecule has 0 aliphatic carbocycles. The fourth-order valence-electron chi connectivity index (χ4n) is 3.19. The molecule has 0 saturated carbocycles. The number of anilines is 1. The molecule has 0 amide bonds. The second-order valence-corrected chi connectivity index (χ2v) is 9.25. The maximum absolute atomic E-state index is 6.13. The second-order valence-electron chi connectivity index (χ2n) is 6.48. The molecule has 0 spiro atoms. The van der Waals surface area contributed by atoms with E-state index in [-0.39, 0.29) is 6.79 Å². The lowest BCUT2D eigenvalue weighted by Gasteiger charge is -2.24. The van der Waals surface area contributed by atoms with Crippen molar-refractivity contribution < 1.29 is 9.47 Å². The fraction of sp³-hybridized carbons (Fsp3) is 0.143. The van der Waals surface area contributed by atoms with Crippen molar-refractivity contribution >= 4 is 50.3 Å². The average Bonchev–Trinajstić information content (AvgIpc) is 3.48. The predicted octanol–water partition coefficient (Wildman–Crippen LogP) is 5.93. The average molecular weight is 442 g/mol. The van der Waals surface area contributed by atoms with Gasteiger partial charge >= 0.3 is 0 Å². The van der Waals surface area contributed by atoms with Crippen LogP contribution in [0.15, 0.2) is 66.9 Å². The lowest BCUT2D eigenvalue weighted by Crippen LogP contribution is -2.26. The van der Waals surface area contributed by atoms with Crippen LogP contribution in [0.5, 0.6) is 0 Å². The summed E-state index contributed by atoms with van der Waals surface area (Å²) in [6, 6.07) is 16.4. The van der Waals surface area contributed by atoms with Gasteiger partial charge in [-0.1, -0.05) is 41.9 Å². The molecule has 0 bridgehead atoms. The van der Waals surface area contributed by atoms with Crippen molar-refractivity contribution in [1.29, 1.82) is 0 Å². The van der Waals surface area contributed by atoms with Gasteiger partial charge < -0.3 is 14.4 Å². The number of nitrogens with zero attached hydrogens (tertiary/aromatic N) is 3. The van der Waals surface area contributed by atoms with Gasteiger partial charge in [-0.05, 0) is 23.8 Å². The SMILES string of the molecule is Clc1ccc(-c2cc3ncnc(N(CC4=COCO4)Cc4ccccc4)c3s2)s1. The molecule has 1 aromatic carbocycles. The number of hydrogen-bond donors (Lipinski definition) is 0. The summed E-state index contributed by atoms with van der Waals surface area (Å²) < 4.78 is 12.6. The van der Waals surface area contributed by atoms with E-state index in [1.807, 2.05) is 30.3 Å². The summed E-state index contributed by atoms with van der Waals surface area (Å²) in [6.45, 7) is 1.53. The van der Waals surface area contributed by atoms with E-state index in [0.717, 1.165) is 35.9 Å². The molecule has 0 N–H and O–H groups in total. The number of thiophene rings is 2. The first kappa shape index (κ1) is 18.4. The van der Waals surface area contributed by atoms with Gasteiger partial charge in [-0.2, -0.15) is 0 Å². The molecule has 1 aliphatic rings. The van der Waals surface area contributed by atoms with E-state index in [4.69, 9.17) is 21.1 Å². The zero-order valence-electron chi connectivity index (χ0n) is 15.2. The Balaban J connectivity index is 1.55. The van der Waals surface area contributed by atoms with Gasteiger partial charge in [0.05, 0.1) is 21.1 Å². The van der Waals surface area contributed by atoms with Crippen LogP contribution in [0.2, 0.25) is 4.34 Å². The zero-order chi connectivity index (χ0) is 19.6. The highest BCUT2D eigenvalue weighted by Crippen LogP contribution is 2.40. The molecule has 0 radical (unpaired) electrons. The lowest BCUT2D eigenvalue weighted by atomic mass is 10.2. The molecular formula is C21H16ClN3O2S2. The number of halogens is 1. The summed E-state index contributed by atoms with van der Waals surface area (Å²) in [6.07, 6.45) is 3.29. The molecule has 5 nitrogen and oxygen atoms in total. The van der Waals surface area contributed by atoms with E-state index in [1.165, 1.54) is 5.56 Å². The molecule has 29 heavy (non-hydrogen) atoms. The first-order valence-electron chi connectivity index (χ1n) is 8.99. The Morgan fingerprint density at radius 1 is 1.00 bits per heavy atom. The highest BCUT2D eigenvalue weighted by atomic mass is 35.5. The molecule has 5 rings (SSSR count). The maximum Gasteiger partial charge on any atom is 0.229 e. The van der Waals surface area contributed by atoms with E-state index in [2.05, 4.69) is 33.1 Å². The first-order valence-corrected chi connectivity index (χ1v) is 11.0. The molecule has 8 heteroatoms. The zero-order valence-corrected chi connectivity index (χ0v) is 17.6. The van der Waals surface area contributed by atoms with E-state index >= 15 is 0 Å². The monoisotopic (exact) mass is 441 g/mol. The molecule has 146 valence electrons. The van der Waals surface area contributed by atoms with Crippen molar-refractivity contribution in [2.75, 3.05) is 18.2 Å². The van der Waals surface area contributed by atoms with Gasteiger partial charge in [0, 0.05) is 16.3 Å². The number of ether oxygens (including phenoxy) is 2. The predicted molar refractivity (Wildman–Crippen MR) is 118 cm³/mol. The first-order chi connectivity index (χ1) is 14.3. The van der Waals surface area contributed by atoms with Gasteiger partial charge in [-0.25, -0.2) is 9.97 Å². The Kier molecular flexibility index (Phi) is 5.10. The van der Waals surface area contributed by atoms with Crippen molar-refractivity contribution in [3.05, 3.63) is 76.8 Å². The van der Waals surface area contributed by atoms with Crippen molar-refractivity contribution in [2.24, 2.45) is 0 Å². The number of aromatic nitrogens is 2. The molecule has 0 unspecified atom stereocenters. The van der Waals surface area contributed by atoms with Crippen LogP contribution in [-0.2, 0) is 16.0 Å². The Morgan fingerprint density at radius 2 is 1.90 bits per heavy atom. The van der Waals surface area contributed by atoms with E-state index in [1.54, 1.807) is 35.3 Å². The van der Waals surface area contributed by atoms with Gasteiger partial charge in [-0.15, -0.1) is 22.7 Å². The van der Waals surface area contributed by atoms with Crippen LogP contribution in [0.4, 0.5) is 5.82 Å².